The highest BCUT2D eigenvalue weighted by Crippen LogP contribution is 2.11. The van der Waals surface area contributed by atoms with E-state index >= 15 is 0 Å². The van der Waals surface area contributed by atoms with Crippen LogP contribution in [-0.4, -0.2) is 23.9 Å². The van der Waals surface area contributed by atoms with Gasteiger partial charge in [-0.05, 0) is 38.1 Å². The molecule has 0 aromatic heterocycles. The van der Waals surface area contributed by atoms with E-state index < -0.39 is 5.38 Å². The number of ether oxygens (including phenoxy) is 1. The zero-order valence-electron chi connectivity index (χ0n) is 9.70. The molecule has 0 aliphatic rings. The quantitative estimate of drug-likeness (QED) is 0.664. The number of carbonyl (C=O) groups excluding carboxylic acids is 2. The van der Waals surface area contributed by atoms with Crippen LogP contribution in [0.25, 0.3) is 0 Å². The normalized spacial score (nSPS) is 11.7. The third-order valence-electron chi connectivity index (χ3n) is 2.02. The Hall–Kier alpha value is -1.55. The van der Waals surface area contributed by atoms with Crippen LogP contribution in [-0.2, 0) is 9.53 Å². The van der Waals surface area contributed by atoms with E-state index in [0.717, 1.165) is 0 Å². The molecule has 1 atom stereocenters. The molecule has 4 nitrogen and oxygen atoms in total. The molecule has 92 valence electrons. The first kappa shape index (κ1) is 13.5. The van der Waals surface area contributed by atoms with Crippen LogP contribution in [0.2, 0.25) is 0 Å². The van der Waals surface area contributed by atoms with Crippen LogP contribution in [0.1, 0.15) is 24.2 Å². The van der Waals surface area contributed by atoms with Crippen LogP contribution in [0.4, 0.5) is 5.69 Å². The van der Waals surface area contributed by atoms with Crippen LogP contribution >= 0.6 is 11.6 Å². The number of esters is 1. The first-order valence-electron chi connectivity index (χ1n) is 5.26. The fourth-order valence-electron chi connectivity index (χ4n) is 1.15. The van der Waals surface area contributed by atoms with E-state index in [1.807, 2.05) is 0 Å². The van der Waals surface area contributed by atoms with E-state index in [9.17, 15) is 9.59 Å². The van der Waals surface area contributed by atoms with E-state index in [-0.39, 0.29) is 11.9 Å². The van der Waals surface area contributed by atoms with Crippen molar-refractivity contribution in [3.8, 4) is 0 Å². The lowest BCUT2D eigenvalue weighted by molar-refractivity contribution is -0.115. The maximum absolute atomic E-state index is 11.4. The smallest absolute Gasteiger partial charge is 0.338 e. The van der Waals surface area contributed by atoms with Gasteiger partial charge in [-0.3, -0.25) is 4.79 Å². The monoisotopic (exact) mass is 255 g/mol. The van der Waals surface area contributed by atoms with Gasteiger partial charge in [0.2, 0.25) is 5.91 Å². The topological polar surface area (TPSA) is 55.4 Å². The molecule has 0 saturated carbocycles. The minimum absolute atomic E-state index is 0.282. The average molecular weight is 256 g/mol. The van der Waals surface area contributed by atoms with Crippen molar-refractivity contribution in [2.45, 2.75) is 19.2 Å². The number of alkyl halides is 1. The van der Waals surface area contributed by atoms with Gasteiger partial charge in [-0.1, -0.05) is 0 Å². The first-order valence-corrected chi connectivity index (χ1v) is 5.70. The first-order chi connectivity index (χ1) is 8.04. The van der Waals surface area contributed by atoms with Crippen molar-refractivity contribution in [3.05, 3.63) is 29.8 Å². The van der Waals surface area contributed by atoms with Crippen LogP contribution in [0.15, 0.2) is 24.3 Å². The number of amides is 1. The lowest BCUT2D eigenvalue weighted by Crippen LogP contribution is -2.20. The van der Waals surface area contributed by atoms with Gasteiger partial charge >= 0.3 is 5.97 Å². The van der Waals surface area contributed by atoms with Gasteiger partial charge in [0, 0.05) is 5.69 Å². The highest BCUT2D eigenvalue weighted by Gasteiger charge is 2.10. The number of nitrogens with one attached hydrogen (secondary N) is 1. The number of halogens is 1. The second kappa shape index (κ2) is 6.25. The largest absolute Gasteiger partial charge is 0.462 e. The van der Waals surface area contributed by atoms with E-state index in [1.165, 1.54) is 0 Å². The van der Waals surface area contributed by atoms with Gasteiger partial charge in [0.25, 0.3) is 0 Å². The van der Waals surface area contributed by atoms with Gasteiger partial charge in [-0.2, -0.15) is 0 Å². The molecular weight excluding hydrogens is 242 g/mol. The van der Waals surface area contributed by atoms with Gasteiger partial charge in [0.1, 0.15) is 5.38 Å². The summed E-state index contributed by atoms with van der Waals surface area (Å²) < 4.78 is 4.84. The molecule has 0 heterocycles. The third-order valence-corrected chi connectivity index (χ3v) is 2.22. The Balaban J connectivity index is 2.68. The van der Waals surface area contributed by atoms with Crippen molar-refractivity contribution in [2.24, 2.45) is 0 Å². The Morgan fingerprint density at radius 1 is 1.35 bits per heavy atom. The van der Waals surface area contributed by atoms with E-state index in [2.05, 4.69) is 5.32 Å². The van der Waals surface area contributed by atoms with Crippen molar-refractivity contribution < 1.29 is 14.3 Å². The summed E-state index contributed by atoms with van der Waals surface area (Å²) in [5.41, 5.74) is 1.04. The van der Waals surface area contributed by atoms with Crippen molar-refractivity contribution >= 4 is 29.2 Å². The fourth-order valence-corrected chi connectivity index (χ4v) is 1.20. The second-order valence-corrected chi connectivity index (χ2v) is 4.06. The van der Waals surface area contributed by atoms with Crippen molar-refractivity contribution in [1.29, 1.82) is 0 Å². The number of benzene rings is 1. The SMILES string of the molecule is CCOC(=O)c1ccc(NC(=O)[C@H](C)Cl)cc1. The summed E-state index contributed by atoms with van der Waals surface area (Å²) in [6.07, 6.45) is 0. The zero-order chi connectivity index (χ0) is 12.8. The number of rotatable bonds is 4. The minimum atomic E-state index is -0.597. The Morgan fingerprint density at radius 3 is 2.41 bits per heavy atom. The lowest BCUT2D eigenvalue weighted by Gasteiger charge is -2.07. The van der Waals surface area contributed by atoms with Gasteiger partial charge in [-0.15, -0.1) is 11.6 Å². The molecule has 0 fully saturated rings. The highest BCUT2D eigenvalue weighted by molar-refractivity contribution is 6.32. The summed E-state index contributed by atoms with van der Waals surface area (Å²) in [4.78, 5) is 22.7. The van der Waals surface area contributed by atoms with Crippen LogP contribution < -0.4 is 5.32 Å². The maximum Gasteiger partial charge on any atom is 0.338 e. The van der Waals surface area contributed by atoms with E-state index in [4.69, 9.17) is 16.3 Å². The predicted molar refractivity (Wildman–Crippen MR) is 66.3 cm³/mol. The molecule has 0 aliphatic heterocycles. The second-order valence-electron chi connectivity index (χ2n) is 3.40. The molecule has 1 aromatic carbocycles. The van der Waals surface area contributed by atoms with Crippen molar-refractivity contribution in [2.75, 3.05) is 11.9 Å². The van der Waals surface area contributed by atoms with Gasteiger partial charge in [0.15, 0.2) is 0 Å². The van der Waals surface area contributed by atoms with E-state index in [0.29, 0.717) is 17.9 Å². The Morgan fingerprint density at radius 2 is 1.94 bits per heavy atom. The molecule has 0 saturated heterocycles. The fraction of sp³-hybridized carbons (Fsp3) is 0.333. The summed E-state index contributed by atoms with van der Waals surface area (Å²) in [6.45, 7) is 3.67. The number of anilines is 1. The number of hydrogen-bond donors (Lipinski definition) is 1. The molecule has 1 aromatic rings. The van der Waals surface area contributed by atoms with E-state index in [1.54, 1.807) is 38.1 Å². The lowest BCUT2D eigenvalue weighted by atomic mass is 10.2. The molecule has 0 spiro atoms. The van der Waals surface area contributed by atoms with Gasteiger partial charge in [0.05, 0.1) is 12.2 Å². The van der Waals surface area contributed by atoms with Crippen LogP contribution in [0.5, 0.6) is 0 Å². The maximum atomic E-state index is 11.4. The molecule has 1 amide bonds. The molecule has 0 unspecified atom stereocenters. The number of carbonyl (C=O) groups is 2. The molecular formula is C12H14ClNO3. The number of hydrogen-bond acceptors (Lipinski definition) is 3. The highest BCUT2D eigenvalue weighted by atomic mass is 35.5. The van der Waals surface area contributed by atoms with Crippen molar-refractivity contribution in [3.63, 3.8) is 0 Å². The van der Waals surface area contributed by atoms with Gasteiger partial charge < -0.3 is 10.1 Å². The molecule has 0 bridgehead atoms. The third kappa shape index (κ3) is 4.07. The molecule has 0 radical (unpaired) electrons. The summed E-state index contributed by atoms with van der Waals surface area (Å²) in [5, 5.41) is 2.02. The Labute approximate surface area is 105 Å². The summed E-state index contributed by atoms with van der Waals surface area (Å²) in [6, 6.07) is 6.44. The molecule has 0 aliphatic carbocycles. The summed E-state index contributed by atoms with van der Waals surface area (Å²) in [7, 11) is 0. The summed E-state index contributed by atoms with van der Waals surface area (Å²) >= 11 is 5.61. The Kier molecular flexibility index (Phi) is 4.97. The summed E-state index contributed by atoms with van der Waals surface area (Å²) in [5.74, 6) is -0.661. The molecule has 5 heteroatoms. The molecule has 1 N–H and O–H groups in total. The predicted octanol–water partition coefficient (Wildman–Crippen LogP) is 2.43. The van der Waals surface area contributed by atoms with Gasteiger partial charge in [-0.25, -0.2) is 4.79 Å². The van der Waals surface area contributed by atoms with Crippen molar-refractivity contribution in [1.82, 2.24) is 0 Å². The van der Waals surface area contributed by atoms with Crippen LogP contribution in [0.3, 0.4) is 0 Å². The average Bonchev–Trinajstić information content (AvgIpc) is 2.30. The van der Waals surface area contributed by atoms with Crippen LogP contribution in [0, 0.1) is 0 Å². The minimum Gasteiger partial charge on any atom is -0.462 e. The molecule has 17 heavy (non-hydrogen) atoms. The standard InChI is InChI=1S/C12H14ClNO3/c1-3-17-12(16)9-4-6-10(7-5-9)14-11(15)8(2)13/h4-8H,3H2,1-2H3,(H,14,15)/t8-/m0/s1. The zero-order valence-corrected chi connectivity index (χ0v) is 10.5. The molecule has 1 rings (SSSR count). The Bertz CT molecular complexity index is 401.